The third kappa shape index (κ3) is 4.74. The lowest BCUT2D eigenvalue weighted by atomic mass is 10.1. The first-order chi connectivity index (χ1) is 10.1. The standard InChI is InChI=1S/C17H27N3O/c1-13(2)11-19-17(21)6-8-18-12-14-4-5-16-15(10-14)7-9-20(16)3/h4-5,10,13,18H,6-9,11-12H2,1-3H3,(H,19,21). The van der Waals surface area contributed by atoms with Gasteiger partial charge in [-0.1, -0.05) is 26.0 Å². The van der Waals surface area contributed by atoms with Crippen LogP contribution >= 0.6 is 0 Å². The van der Waals surface area contributed by atoms with E-state index in [0.717, 1.165) is 32.6 Å². The Kier molecular flexibility index (Phi) is 5.62. The summed E-state index contributed by atoms with van der Waals surface area (Å²) in [4.78, 5) is 13.9. The first-order valence-corrected chi connectivity index (χ1v) is 7.86. The number of benzene rings is 1. The third-order valence-corrected chi connectivity index (χ3v) is 3.84. The van der Waals surface area contributed by atoms with Crippen molar-refractivity contribution >= 4 is 11.6 Å². The summed E-state index contributed by atoms with van der Waals surface area (Å²) in [6.45, 7) is 7.63. The Morgan fingerprint density at radius 2 is 2.19 bits per heavy atom. The van der Waals surface area contributed by atoms with Crippen molar-refractivity contribution in [2.24, 2.45) is 5.92 Å². The van der Waals surface area contributed by atoms with E-state index >= 15 is 0 Å². The van der Waals surface area contributed by atoms with E-state index in [1.54, 1.807) is 0 Å². The maximum absolute atomic E-state index is 11.6. The summed E-state index contributed by atoms with van der Waals surface area (Å²) in [6.07, 6.45) is 1.68. The van der Waals surface area contributed by atoms with Crippen LogP contribution in [0.25, 0.3) is 0 Å². The smallest absolute Gasteiger partial charge is 0.221 e. The molecule has 0 aliphatic carbocycles. The molecule has 2 N–H and O–H groups in total. The van der Waals surface area contributed by atoms with Gasteiger partial charge in [-0.3, -0.25) is 4.79 Å². The number of rotatable bonds is 7. The molecule has 1 aliphatic heterocycles. The number of nitrogens with zero attached hydrogens (tertiary/aromatic N) is 1. The van der Waals surface area contributed by atoms with Gasteiger partial charge in [0, 0.05) is 45.3 Å². The number of hydrogen-bond acceptors (Lipinski definition) is 3. The van der Waals surface area contributed by atoms with Crippen LogP contribution in [-0.4, -0.2) is 32.6 Å². The highest BCUT2D eigenvalue weighted by Gasteiger charge is 2.15. The van der Waals surface area contributed by atoms with Gasteiger partial charge in [0.15, 0.2) is 0 Å². The first-order valence-electron chi connectivity index (χ1n) is 7.86. The van der Waals surface area contributed by atoms with Crippen molar-refractivity contribution in [1.29, 1.82) is 0 Å². The van der Waals surface area contributed by atoms with Gasteiger partial charge in [-0.15, -0.1) is 0 Å². The van der Waals surface area contributed by atoms with Crippen molar-refractivity contribution in [3.63, 3.8) is 0 Å². The van der Waals surface area contributed by atoms with Gasteiger partial charge in [0.1, 0.15) is 0 Å². The van der Waals surface area contributed by atoms with Gasteiger partial charge in [-0.2, -0.15) is 0 Å². The lowest BCUT2D eigenvalue weighted by molar-refractivity contribution is -0.121. The van der Waals surface area contributed by atoms with Crippen molar-refractivity contribution in [2.45, 2.75) is 33.2 Å². The molecule has 0 saturated carbocycles. The minimum Gasteiger partial charge on any atom is -0.374 e. The van der Waals surface area contributed by atoms with Crippen LogP contribution in [0, 0.1) is 5.92 Å². The van der Waals surface area contributed by atoms with Gasteiger partial charge in [-0.05, 0) is 29.5 Å². The van der Waals surface area contributed by atoms with Gasteiger partial charge >= 0.3 is 0 Å². The maximum Gasteiger partial charge on any atom is 0.221 e. The lowest BCUT2D eigenvalue weighted by Crippen LogP contribution is -2.30. The van der Waals surface area contributed by atoms with E-state index in [9.17, 15) is 4.79 Å². The van der Waals surface area contributed by atoms with Crippen molar-refractivity contribution in [3.8, 4) is 0 Å². The molecule has 0 bridgehead atoms. The molecule has 0 fully saturated rings. The second kappa shape index (κ2) is 7.46. The fraction of sp³-hybridized carbons (Fsp3) is 0.588. The highest BCUT2D eigenvalue weighted by Crippen LogP contribution is 2.27. The Hall–Kier alpha value is -1.55. The molecule has 1 aliphatic rings. The van der Waals surface area contributed by atoms with E-state index in [4.69, 9.17) is 0 Å². The zero-order chi connectivity index (χ0) is 15.2. The number of hydrogen-bond donors (Lipinski definition) is 2. The molecule has 1 aromatic rings. The van der Waals surface area contributed by atoms with Gasteiger partial charge in [0.05, 0.1) is 0 Å². The van der Waals surface area contributed by atoms with Gasteiger partial charge in [0.2, 0.25) is 5.91 Å². The molecule has 2 rings (SSSR count). The number of anilines is 1. The second-order valence-electron chi connectivity index (χ2n) is 6.26. The highest BCUT2D eigenvalue weighted by molar-refractivity contribution is 5.76. The monoisotopic (exact) mass is 289 g/mol. The number of carbonyl (C=O) groups excluding carboxylic acids is 1. The molecular formula is C17H27N3O. The summed E-state index contributed by atoms with van der Waals surface area (Å²) >= 11 is 0. The molecule has 4 heteroatoms. The summed E-state index contributed by atoms with van der Waals surface area (Å²) in [5, 5.41) is 6.28. The van der Waals surface area contributed by atoms with E-state index in [1.165, 1.54) is 16.8 Å². The number of amides is 1. The molecule has 1 heterocycles. The SMILES string of the molecule is CC(C)CNC(=O)CCNCc1ccc2c(c1)CCN2C. The van der Waals surface area contributed by atoms with Crippen molar-refractivity contribution in [3.05, 3.63) is 29.3 Å². The molecular weight excluding hydrogens is 262 g/mol. The number of nitrogens with one attached hydrogen (secondary N) is 2. The fourth-order valence-electron chi connectivity index (χ4n) is 2.57. The minimum absolute atomic E-state index is 0.131. The zero-order valence-electron chi connectivity index (χ0n) is 13.4. The predicted octanol–water partition coefficient (Wildman–Crippen LogP) is 1.93. The molecule has 0 saturated heterocycles. The van der Waals surface area contributed by atoms with E-state index in [2.05, 4.69) is 54.6 Å². The van der Waals surface area contributed by atoms with Gasteiger partial charge < -0.3 is 15.5 Å². The van der Waals surface area contributed by atoms with Gasteiger partial charge in [-0.25, -0.2) is 0 Å². The quantitative estimate of drug-likeness (QED) is 0.754. The lowest BCUT2D eigenvalue weighted by Gasteiger charge is -2.12. The maximum atomic E-state index is 11.6. The van der Waals surface area contributed by atoms with Crippen LogP contribution in [0.4, 0.5) is 5.69 Å². The van der Waals surface area contributed by atoms with Crippen LogP contribution in [0.15, 0.2) is 18.2 Å². The zero-order valence-corrected chi connectivity index (χ0v) is 13.4. The molecule has 1 amide bonds. The van der Waals surface area contributed by atoms with E-state index < -0.39 is 0 Å². The number of likely N-dealkylation sites (N-methyl/N-ethyl adjacent to an activating group) is 1. The van der Waals surface area contributed by atoms with E-state index in [1.807, 2.05) is 0 Å². The number of carbonyl (C=O) groups is 1. The Morgan fingerprint density at radius 1 is 1.38 bits per heavy atom. The van der Waals surface area contributed by atoms with Crippen LogP contribution in [-0.2, 0) is 17.8 Å². The topological polar surface area (TPSA) is 44.4 Å². The highest BCUT2D eigenvalue weighted by atomic mass is 16.1. The fourth-order valence-corrected chi connectivity index (χ4v) is 2.57. The molecule has 4 nitrogen and oxygen atoms in total. The van der Waals surface area contributed by atoms with Crippen LogP contribution < -0.4 is 15.5 Å². The van der Waals surface area contributed by atoms with E-state index in [0.29, 0.717) is 12.3 Å². The Bertz CT molecular complexity index is 485. The molecule has 0 radical (unpaired) electrons. The molecule has 21 heavy (non-hydrogen) atoms. The molecule has 0 aromatic heterocycles. The molecule has 1 aromatic carbocycles. The third-order valence-electron chi connectivity index (χ3n) is 3.84. The minimum atomic E-state index is 0.131. The molecule has 0 unspecified atom stereocenters. The molecule has 0 atom stereocenters. The number of fused-ring (bicyclic) bond motifs is 1. The van der Waals surface area contributed by atoms with Crippen molar-refractivity contribution in [2.75, 3.05) is 31.6 Å². The average Bonchev–Trinajstić information content (AvgIpc) is 2.82. The van der Waals surface area contributed by atoms with Crippen LogP contribution in [0.5, 0.6) is 0 Å². The van der Waals surface area contributed by atoms with Gasteiger partial charge in [0.25, 0.3) is 0 Å². The van der Waals surface area contributed by atoms with Crippen LogP contribution in [0.2, 0.25) is 0 Å². The first kappa shape index (κ1) is 15.8. The molecule has 116 valence electrons. The Labute approximate surface area is 127 Å². The Morgan fingerprint density at radius 3 is 2.95 bits per heavy atom. The normalized spacial score (nSPS) is 13.6. The van der Waals surface area contributed by atoms with Crippen molar-refractivity contribution < 1.29 is 4.79 Å². The summed E-state index contributed by atoms with van der Waals surface area (Å²) < 4.78 is 0. The van der Waals surface area contributed by atoms with Crippen LogP contribution in [0.1, 0.15) is 31.4 Å². The summed E-state index contributed by atoms with van der Waals surface area (Å²) in [5.41, 5.74) is 4.09. The summed E-state index contributed by atoms with van der Waals surface area (Å²) in [6, 6.07) is 6.66. The van der Waals surface area contributed by atoms with E-state index in [-0.39, 0.29) is 5.91 Å². The summed E-state index contributed by atoms with van der Waals surface area (Å²) in [7, 11) is 2.14. The Balaban J connectivity index is 1.69. The van der Waals surface area contributed by atoms with Crippen LogP contribution in [0.3, 0.4) is 0 Å². The van der Waals surface area contributed by atoms with Crippen molar-refractivity contribution in [1.82, 2.24) is 10.6 Å². The average molecular weight is 289 g/mol. The second-order valence-corrected chi connectivity index (χ2v) is 6.26. The summed E-state index contributed by atoms with van der Waals surface area (Å²) in [5.74, 6) is 0.637. The predicted molar refractivity (Wildman–Crippen MR) is 87.6 cm³/mol. The largest absolute Gasteiger partial charge is 0.374 e. The molecule has 0 spiro atoms.